The summed E-state index contributed by atoms with van der Waals surface area (Å²) < 4.78 is 5.52. The van der Waals surface area contributed by atoms with Crippen LogP contribution >= 0.6 is 0 Å². The third kappa shape index (κ3) is 3.94. The molecule has 5 atom stereocenters. The fourth-order valence-corrected chi connectivity index (χ4v) is 9.51. The Morgan fingerprint density at radius 2 is 1.72 bits per heavy atom. The molecular formula is C39H43NO3. The first-order valence-corrected chi connectivity index (χ1v) is 15.9. The van der Waals surface area contributed by atoms with Gasteiger partial charge in [-0.05, 0) is 84.4 Å². The number of carbonyl (C=O) groups excluding carboxylic acids is 2. The van der Waals surface area contributed by atoms with Gasteiger partial charge in [-0.25, -0.2) is 0 Å². The number of aryl methyl sites for hydroxylation is 3. The molecule has 4 heteroatoms. The number of fused-ring (bicyclic) bond motifs is 5. The number of allylic oxidation sites excluding steroid dienone is 3. The molecule has 4 aliphatic rings. The van der Waals surface area contributed by atoms with Crippen molar-refractivity contribution in [2.24, 2.45) is 22.7 Å². The molecule has 2 fully saturated rings. The van der Waals surface area contributed by atoms with Crippen molar-refractivity contribution in [2.45, 2.75) is 79.1 Å². The molecule has 2 saturated carbocycles. The number of esters is 1. The number of Topliss-reactive ketones (excluding diaryl/α,β-unsaturated/α-hetero) is 1. The molecule has 1 N–H and O–H groups in total. The van der Waals surface area contributed by atoms with Crippen molar-refractivity contribution in [1.82, 2.24) is 0 Å². The first kappa shape index (κ1) is 28.1. The lowest BCUT2D eigenvalue weighted by molar-refractivity contribution is -0.145. The molecule has 0 unspecified atom stereocenters. The molecule has 0 spiro atoms. The highest BCUT2D eigenvalue weighted by Crippen LogP contribution is 2.68. The average molecular weight is 574 g/mol. The predicted molar refractivity (Wildman–Crippen MR) is 173 cm³/mol. The molecule has 4 nitrogen and oxygen atoms in total. The molecule has 43 heavy (non-hydrogen) atoms. The molecule has 7 rings (SSSR count). The Hall–Kier alpha value is -3.66. The highest BCUT2D eigenvalue weighted by atomic mass is 16.5. The summed E-state index contributed by atoms with van der Waals surface area (Å²) in [4.78, 5) is 28.3. The summed E-state index contributed by atoms with van der Waals surface area (Å²) in [6.45, 7) is 13.6. The molecule has 0 aromatic heterocycles. The summed E-state index contributed by atoms with van der Waals surface area (Å²) in [6, 6.07) is 17.1. The van der Waals surface area contributed by atoms with Gasteiger partial charge in [0.25, 0.3) is 0 Å². The minimum Gasteiger partial charge on any atom is -0.468 e. The Kier molecular flexibility index (Phi) is 6.33. The van der Waals surface area contributed by atoms with Crippen LogP contribution in [0.15, 0.2) is 71.5 Å². The Bertz CT molecular complexity index is 1750. The van der Waals surface area contributed by atoms with Crippen LogP contribution in [0.4, 0.5) is 5.69 Å². The lowest BCUT2D eigenvalue weighted by Crippen LogP contribution is -2.40. The van der Waals surface area contributed by atoms with Crippen molar-refractivity contribution in [2.75, 3.05) is 12.4 Å². The van der Waals surface area contributed by atoms with Crippen molar-refractivity contribution in [3.05, 3.63) is 99.3 Å². The van der Waals surface area contributed by atoms with Crippen LogP contribution in [0, 0.1) is 43.4 Å². The van der Waals surface area contributed by atoms with Gasteiger partial charge in [0.05, 0.1) is 12.8 Å². The van der Waals surface area contributed by atoms with Crippen LogP contribution < -0.4 is 5.32 Å². The van der Waals surface area contributed by atoms with Gasteiger partial charge in [-0.2, -0.15) is 0 Å². The summed E-state index contributed by atoms with van der Waals surface area (Å²) >= 11 is 0. The van der Waals surface area contributed by atoms with E-state index in [0.29, 0.717) is 12.3 Å². The van der Waals surface area contributed by atoms with Crippen LogP contribution in [-0.4, -0.2) is 18.9 Å². The summed E-state index contributed by atoms with van der Waals surface area (Å²) in [6.07, 6.45) is 6.25. The van der Waals surface area contributed by atoms with Crippen LogP contribution in [0.2, 0.25) is 0 Å². The number of ether oxygens (including phenoxy) is 1. The van der Waals surface area contributed by atoms with Crippen molar-refractivity contribution in [1.29, 1.82) is 0 Å². The Morgan fingerprint density at radius 3 is 2.37 bits per heavy atom. The SMILES string of the molecule is COC(=O)[C@@H]1C2=C(C(=O)C[C@H]1c1c(C)cc(C)cc1C)[C@@H](C=C1C[C@@H]3CC[C@@]1(C)C3(C)C)c1ccc3ccccc3c1N2. The maximum Gasteiger partial charge on any atom is 0.315 e. The van der Waals surface area contributed by atoms with Crippen molar-refractivity contribution in [3.63, 3.8) is 0 Å². The summed E-state index contributed by atoms with van der Waals surface area (Å²) in [5.74, 6) is -0.607. The number of methoxy groups -OCH3 is 1. The molecule has 0 radical (unpaired) electrons. The highest BCUT2D eigenvalue weighted by Gasteiger charge is 2.59. The van der Waals surface area contributed by atoms with Gasteiger partial charge in [0, 0.05) is 34.9 Å². The van der Waals surface area contributed by atoms with Gasteiger partial charge in [-0.3, -0.25) is 9.59 Å². The zero-order valence-electron chi connectivity index (χ0n) is 26.6. The molecular weight excluding hydrogens is 530 g/mol. The van der Waals surface area contributed by atoms with E-state index in [0.717, 1.165) is 56.4 Å². The van der Waals surface area contributed by atoms with E-state index >= 15 is 0 Å². The molecule has 2 bridgehead atoms. The van der Waals surface area contributed by atoms with E-state index in [9.17, 15) is 9.59 Å². The zero-order valence-corrected chi connectivity index (χ0v) is 26.6. The van der Waals surface area contributed by atoms with Gasteiger partial charge in [-0.1, -0.05) is 86.5 Å². The number of anilines is 1. The molecule has 1 heterocycles. The number of benzene rings is 3. The molecule has 3 aromatic rings. The van der Waals surface area contributed by atoms with Gasteiger partial charge in [-0.15, -0.1) is 0 Å². The molecule has 0 saturated heterocycles. The number of rotatable bonds is 3. The van der Waals surface area contributed by atoms with Crippen LogP contribution in [0.5, 0.6) is 0 Å². The van der Waals surface area contributed by atoms with Gasteiger partial charge in [0.2, 0.25) is 0 Å². The molecule has 3 aliphatic carbocycles. The van der Waals surface area contributed by atoms with E-state index in [2.05, 4.69) is 101 Å². The quantitative estimate of drug-likeness (QED) is 0.251. The van der Waals surface area contributed by atoms with Gasteiger partial charge in [0.1, 0.15) is 5.92 Å². The monoisotopic (exact) mass is 573 g/mol. The van der Waals surface area contributed by atoms with Crippen LogP contribution in [0.25, 0.3) is 10.8 Å². The number of hydrogen-bond donors (Lipinski definition) is 1. The lowest BCUT2D eigenvalue weighted by Gasteiger charge is -2.41. The number of carbonyl (C=O) groups is 2. The summed E-state index contributed by atoms with van der Waals surface area (Å²) in [7, 11) is 1.47. The zero-order chi connectivity index (χ0) is 30.4. The molecule has 0 amide bonds. The average Bonchev–Trinajstić information content (AvgIpc) is 3.30. The van der Waals surface area contributed by atoms with Crippen molar-refractivity contribution in [3.8, 4) is 0 Å². The van der Waals surface area contributed by atoms with E-state index in [4.69, 9.17) is 4.74 Å². The van der Waals surface area contributed by atoms with E-state index < -0.39 is 5.92 Å². The number of nitrogens with one attached hydrogen (secondary N) is 1. The van der Waals surface area contributed by atoms with Crippen LogP contribution in [0.3, 0.4) is 0 Å². The van der Waals surface area contributed by atoms with Gasteiger partial charge in [0.15, 0.2) is 5.78 Å². The Balaban J connectivity index is 1.48. The van der Waals surface area contributed by atoms with Gasteiger partial charge < -0.3 is 10.1 Å². The van der Waals surface area contributed by atoms with Crippen molar-refractivity contribution >= 4 is 28.2 Å². The highest BCUT2D eigenvalue weighted by molar-refractivity contribution is 6.07. The van der Waals surface area contributed by atoms with E-state index in [1.54, 1.807) is 0 Å². The second kappa shape index (κ2) is 9.67. The second-order valence-electron chi connectivity index (χ2n) is 14.4. The van der Waals surface area contributed by atoms with E-state index in [1.807, 2.05) is 0 Å². The van der Waals surface area contributed by atoms with Crippen molar-refractivity contribution < 1.29 is 14.3 Å². The normalized spacial score (nSPS) is 29.9. The minimum atomic E-state index is -0.599. The largest absolute Gasteiger partial charge is 0.468 e. The first-order chi connectivity index (χ1) is 20.5. The van der Waals surface area contributed by atoms with E-state index in [-0.39, 0.29) is 34.4 Å². The predicted octanol–water partition coefficient (Wildman–Crippen LogP) is 8.85. The Labute approximate surface area is 255 Å². The summed E-state index contributed by atoms with van der Waals surface area (Å²) in [5, 5.41) is 5.97. The minimum absolute atomic E-state index is 0.110. The fraction of sp³-hybridized carbons (Fsp3) is 0.436. The molecule has 3 aromatic carbocycles. The maximum absolute atomic E-state index is 14.5. The number of hydrogen-bond acceptors (Lipinski definition) is 4. The Morgan fingerprint density at radius 1 is 1.00 bits per heavy atom. The number of ketones is 1. The standard InChI is InChI=1S/C39H43NO3/c1-21-16-22(2)32(23(3)17-21)30-20-31(41)33-29(19-26-18-25-14-15-39(26,6)38(25,4)5)28-13-12-24-10-8-9-11-27(24)35(28)40-36(33)34(30)37(42)43-7/h8-13,16-17,19,25,29-30,34,40H,14-15,18,20H2,1-7H3/t25-,29-,30-,34-,39+/m0/s1. The van der Waals surface area contributed by atoms with Crippen LogP contribution in [0.1, 0.15) is 86.1 Å². The topological polar surface area (TPSA) is 55.4 Å². The lowest BCUT2D eigenvalue weighted by atomic mass is 9.65. The smallest absolute Gasteiger partial charge is 0.315 e. The third-order valence-electron chi connectivity index (χ3n) is 12.1. The molecule has 1 aliphatic heterocycles. The summed E-state index contributed by atoms with van der Waals surface area (Å²) in [5.41, 5.74) is 9.91. The molecule has 222 valence electrons. The van der Waals surface area contributed by atoms with Gasteiger partial charge >= 0.3 is 5.97 Å². The second-order valence-corrected chi connectivity index (χ2v) is 14.4. The van der Waals surface area contributed by atoms with E-state index in [1.165, 1.54) is 31.1 Å². The van der Waals surface area contributed by atoms with Crippen LogP contribution in [-0.2, 0) is 14.3 Å². The maximum atomic E-state index is 14.5. The third-order valence-corrected chi connectivity index (χ3v) is 12.1. The first-order valence-electron chi connectivity index (χ1n) is 15.9. The fourth-order valence-electron chi connectivity index (χ4n) is 9.51.